The first-order valence-electron chi connectivity index (χ1n) is 7.45. The molecule has 6 nitrogen and oxygen atoms in total. The van der Waals surface area contributed by atoms with Gasteiger partial charge in [0.1, 0.15) is 27.8 Å². The zero-order valence-corrected chi connectivity index (χ0v) is 15.7. The number of nitrogens with one attached hydrogen (secondary N) is 1. The van der Waals surface area contributed by atoms with Gasteiger partial charge in [-0.1, -0.05) is 36.1 Å². The largest absolute Gasteiger partial charge is 0.610 e. The molecule has 1 fully saturated rings. The van der Waals surface area contributed by atoms with E-state index in [2.05, 4.69) is 5.32 Å². The molecule has 1 saturated heterocycles. The SMILES string of the molecule is O=C(CN1C(=O)/C(=C\c2ccc(F)cc2)SC1=S)NC1C=C[S+](=O)([O-])C1. The van der Waals surface area contributed by atoms with Gasteiger partial charge in [-0.25, -0.2) is 4.39 Å². The molecule has 0 saturated carbocycles. The van der Waals surface area contributed by atoms with Crippen LogP contribution in [0.5, 0.6) is 0 Å². The summed E-state index contributed by atoms with van der Waals surface area (Å²) in [5, 5.41) is 3.60. The van der Waals surface area contributed by atoms with Gasteiger partial charge in [-0.2, -0.15) is 0 Å². The Kier molecular flexibility index (Phi) is 5.37. The third kappa shape index (κ3) is 4.44. The molecule has 2 aliphatic heterocycles. The van der Waals surface area contributed by atoms with Crippen LogP contribution < -0.4 is 5.32 Å². The highest BCUT2D eigenvalue weighted by molar-refractivity contribution is 8.26. The Morgan fingerprint density at radius 1 is 1.46 bits per heavy atom. The van der Waals surface area contributed by atoms with Gasteiger partial charge in [0.2, 0.25) is 5.91 Å². The van der Waals surface area contributed by atoms with Crippen LogP contribution in [0.2, 0.25) is 0 Å². The first-order chi connectivity index (χ1) is 12.2. The molecule has 1 aromatic carbocycles. The highest BCUT2D eigenvalue weighted by Gasteiger charge is 2.34. The summed E-state index contributed by atoms with van der Waals surface area (Å²) in [4.78, 5) is 26.0. The van der Waals surface area contributed by atoms with Crippen molar-refractivity contribution in [1.29, 1.82) is 0 Å². The van der Waals surface area contributed by atoms with Crippen molar-refractivity contribution in [2.24, 2.45) is 0 Å². The number of thioether (sulfide) groups is 1. The lowest BCUT2D eigenvalue weighted by Gasteiger charge is -2.16. The van der Waals surface area contributed by atoms with E-state index in [1.54, 1.807) is 6.08 Å². The quantitative estimate of drug-likeness (QED) is 0.460. The van der Waals surface area contributed by atoms with Crippen LogP contribution in [0.25, 0.3) is 6.08 Å². The monoisotopic (exact) mass is 412 g/mol. The third-order valence-electron chi connectivity index (χ3n) is 3.62. The molecule has 2 aliphatic rings. The number of hydrogen-bond donors (Lipinski definition) is 1. The number of benzene rings is 1. The highest BCUT2D eigenvalue weighted by Crippen LogP contribution is 2.32. The maximum absolute atomic E-state index is 13.0. The molecule has 2 atom stereocenters. The lowest BCUT2D eigenvalue weighted by molar-refractivity contribution is -0.128. The molecule has 1 N–H and O–H groups in total. The summed E-state index contributed by atoms with van der Waals surface area (Å²) in [5.74, 6) is -1.50. The second-order valence-electron chi connectivity index (χ2n) is 5.65. The van der Waals surface area contributed by atoms with Gasteiger partial charge in [0, 0.05) is 0 Å². The molecule has 26 heavy (non-hydrogen) atoms. The zero-order valence-electron chi connectivity index (χ0n) is 13.2. The third-order valence-corrected chi connectivity index (χ3v) is 6.39. The van der Waals surface area contributed by atoms with Crippen molar-refractivity contribution in [1.82, 2.24) is 10.2 Å². The number of hydrogen-bond acceptors (Lipinski definition) is 6. The number of amides is 2. The molecule has 0 bridgehead atoms. The van der Waals surface area contributed by atoms with E-state index in [1.807, 2.05) is 0 Å². The minimum absolute atomic E-state index is 0.193. The Morgan fingerprint density at radius 2 is 2.15 bits per heavy atom. The van der Waals surface area contributed by atoms with E-state index in [9.17, 15) is 22.7 Å². The summed E-state index contributed by atoms with van der Waals surface area (Å²) >= 11 is 6.20. The number of halogens is 1. The fraction of sp³-hybridized carbons (Fsp3) is 0.188. The highest BCUT2D eigenvalue weighted by atomic mass is 32.3. The molecular formula is C16H13FN2O4S3. The number of carbonyl (C=O) groups is 2. The van der Waals surface area contributed by atoms with Crippen LogP contribution in [0.4, 0.5) is 4.39 Å². The van der Waals surface area contributed by atoms with Crippen LogP contribution in [0, 0.1) is 5.82 Å². The zero-order chi connectivity index (χ0) is 18.9. The van der Waals surface area contributed by atoms with Crippen molar-refractivity contribution in [2.75, 3.05) is 12.3 Å². The lowest BCUT2D eigenvalue weighted by atomic mass is 10.2. The van der Waals surface area contributed by atoms with E-state index in [0.717, 1.165) is 22.1 Å². The summed E-state index contributed by atoms with van der Waals surface area (Å²) in [5.41, 5.74) is 0.637. The first-order valence-corrected chi connectivity index (χ1v) is 10.4. The van der Waals surface area contributed by atoms with Crippen molar-refractivity contribution < 1.29 is 22.7 Å². The summed E-state index contributed by atoms with van der Waals surface area (Å²) < 4.78 is 35.9. The second kappa shape index (κ2) is 7.39. The number of thiocarbonyl (C=S) groups is 1. The molecule has 136 valence electrons. The van der Waals surface area contributed by atoms with Gasteiger partial charge in [0.15, 0.2) is 0 Å². The molecule has 2 unspecified atom stereocenters. The van der Waals surface area contributed by atoms with Crippen molar-refractivity contribution in [3.63, 3.8) is 0 Å². The molecule has 1 aromatic rings. The van der Waals surface area contributed by atoms with Crippen LogP contribution in [0.3, 0.4) is 0 Å². The number of nitrogens with zero attached hydrogens (tertiary/aromatic N) is 1. The van der Waals surface area contributed by atoms with Crippen molar-refractivity contribution in [3.05, 3.63) is 52.0 Å². The van der Waals surface area contributed by atoms with Crippen molar-refractivity contribution in [3.8, 4) is 0 Å². The lowest BCUT2D eigenvalue weighted by Crippen LogP contribution is -2.44. The summed E-state index contributed by atoms with van der Waals surface area (Å²) in [6, 6.07) is 5.01. The molecule has 2 amide bonds. The number of carbonyl (C=O) groups excluding carboxylic acids is 2. The average Bonchev–Trinajstić information content (AvgIpc) is 3.03. The summed E-state index contributed by atoms with van der Waals surface area (Å²) in [6.45, 7) is -0.296. The van der Waals surface area contributed by atoms with Crippen LogP contribution in [0.15, 0.2) is 40.7 Å². The van der Waals surface area contributed by atoms with E-state index in [-0.39, 0.29) is 22.4 Å². The van der Waals surface area contributed by atoms with Crippen molar-refractivity contribution in [2.45, 2.75) is 6.04 Å². The van der Waals surface area contributed by atoms with Gasteiger partial charge in [-0.15, -0.1) is 4.21 Å². The summed E-state index contributed by atoms with van der Waals surface area (Å²) in [6.07, 6.45) is 2.97. The minimum Gasteiger partial charge on any atom is -0.610 e. The average molecular weight is 412 g/mol. The van der Waals surface area contributed by atoms with E-state index in [1.165, 1.54) is 30.3 Å². The Morgan fingerprint density at radius 3 is 2.77 bits per heavy atom. The predicted octanol–water partition coefficient (Wildman–Crippen LogP) is 1.67. The fourth-order valence-electron chi connectivity index (χ4n) is 2.41. The molecule has 3 rings (SSSR count). The maximum Gasteiger partial charge on any atom is 0.266 e. The van der Waals surface area contributed by atoms with Gasteiger partial charge in [0.25, 0.3) is 5.91 Å². The van der Waals surface area contributed by atoms with E-state index in [0.29, 0.717) is 10.5 Å². The normalized spacial score (nSPS) is 26.8. The molecule has 2 heterocycles. The maximum atomic E-state index is 13.0. The first kappa shape index (κ1) is 18.9. The molecule has 0 aromatic heterocycles. The molecule has 0 aliphatic carbocycles. The van der Waals surface area contributed by atoms with E-state index in [4.69, 9.17) is 12.2 Å². The minimum atomic E-state index is -3.28. The fourth-order valence-corrected chi connectivity index (χ4v) is 4.90. The van der Waals surface area contributed by atoms with Crippen LogP contribution >= 0.6 is 24.0 Å². The molecule has 10 heteroatoms. The van der Waals surface area contributed by atoms with Crippen LogP contribution in [0.1, 0.15) is 5.56 Å². The van der Waals surface area contributed by atoms with Gasteiger partial charge in [-0.05, 0) is 29.8 Å². The standard InChI is InChI=1S/C16H13FN2O4S3/c17-11-3-1-10(2-4-11)7-13-15(21)19(16(24)25-13)8-14(20)18-12-5-6-26(22,23)9-12/h1-7,12H,8-9H2,(H-,18,20,22,23)/b13-7+. The molecule has 0 spiro atoms. The van der Waals surface area contributed by atoms with E-state index >= 15 is 0 Å². The second-order valence-corrected chi connectivity index (χ2v) is 9.26. The van der Waals surface area contributed by atoms with Gasteiger partial charge in [-0.3, -0.25) is 14.5 Å². The summed E-state index contributed by atoms with van der Waals surface area (Å²) in [7, 11) is -3.28. The topological polar surface area (TPSA) is 89.5 Å². The Hall–Kier alpha value is -1.88. The van der Waals surface area contributed by atoms with Crippen LogP contribution in [-0.4, -0.2) is 43.9 Å². The molecule has 0 radical (unpaired) electrons. The van der Waals surface area contributed by atoms with Crippen LogP contribution in [-0.2, 0) is 24.0 Å². The Labute approximate surface area is 159 Å². The predicted molar refractivity (Wildman–Crippen MR) is 101 cm³/mol. The van der Waals surface area contributed by atoms with Gasteiger partial charge < -0.3 is 9.87 Å². The Balaban J connectivity index is 1.64. The Bertz CT molecular complexity index is 882. The van der Waals surface area contributed by atoms with Gasteiger partial charge in [0.05, 0.1) is 21.2 Å². The smallest absolute Gasteiger partial charge is 0.266 e. The van der Waals surface area contributed by atoms with E-state index < -0.39 is 28.1 Å². The number of rotatable bonds is 4. The molecular weight excluding hydrogens is 399 g/mol. The van der Waals surface area contributed by atoms with Crippen molar-refractivity contribution >= 4 is 56.4 Å². The van der Waals surface area contributed by atoms with Gasteiger partial charge >= 0.3 is 0 Å². The number of sulfone groups is 1.